The van der Waals surface area contributed by atoms with Gasteiger partial charge in [0.05, 0.1) is 10.9 Å². The highest BCUT2D eigenvalue weighted by Crippen LogP contribution is 2.41. The molecule has 0 saturated carbocycles. The second-order valence-electron chi connectivity index (χ2n) is 13.3. The molecule has 0 radical (unpaired) electrons. The van der Waals surface area contributed by atoms with E-state index in [2.05, 4.69) is 25.1 Å². The van der Waals surface area contributed by atoms with Crippen LogP contribution in [0, 0.1) is 11.6 Å². The van der Waals surface area contributed by atoms with Gasteiger partial charge in [-0.3, -0.25) is 14.7 Å². The number of piperidine rings is 1. The third-order valence-corrected chi connectivity index (χ3v) is 10.6. The van der Waals surface area contributed by atoms with Crippen molar-refractivity contribution in [2.45, 2.75) is 75.9 Å². The first kappa shape index (κ1) is 29.4. The first-order valence-electron chi connectivity index (χ1n) is 16.6. The van der Waals surface area contributed by atoms with Gasteiger partial charge in [0, 0.05) is 36.9 Å². The second-order valence-corrected chi connectivity index (χ2v) is 13.3. The van der Waals surface area contributed by atoms with Crippen molar-refractivity contribution in [3.8, 4) is 23.0 Å². The van der Waals surface area contributed by atoms with Crippen LogP contribution in [0.25, 0.3) is 32.9 Å². The van der Waals surface area contributed by atoms with Crippen molar-refractivity contribution < 1.29 is 23.0 Å². The number of pyridine rings is 1. The zero-order chi connectivity index (χ0) is 31.4. The standard InChI is InChI=1S/C35H38F2N6O3/c1-2-25-28(36)9-8-21-14-24(46-20-44)15-26(29(21)25)31-30(37)32-27(16-38-31)33(42-17-22-6-3-7-23(18-42)39-22)41-34(40-32)45-19-35-10-4-12-43(35)13-5-11-35/h8-9,14-16,20,22-23,39H,2-7,10-13,17-19H2,1H3. The van der Waals surface area contributed by atoms with E-state index >= 15 is 8.78 Å². The lowest BCUT2D eigenvalue weighted by Gasteiger charge is -2.43. The van der Waals surface area contributed by atoms with Gasteiger partial charge in [0.2, 0.25) is 0 Å². The van der Waals surface area contributed by atoms with Gasteiger partial charge in [0.1, 0.15) is 35.2 Å². The maximum Gasteiger partial charge on any atom is 0.319 e. The fourth-order valence-corrected chi connectivity index (χ4v) is 8.50. The summed E-state index contributed by atoms with van der Waals surface area (Å²) < 4.78 is 43.7. The van der Waals surface area contributed by atoms with Crippen molar-refractivity contribution in [3.05, 3.63) is 47.7 Å². The van der Waals surface area contributed by atoms with Crippen molar-refractivity contribution >= 4 is 34.0 Å². The number of ether oxygens (including phenoxy) is 2. The Kier molecular flexibility index (Phi) is 7.48. The number of hydrogen-bond donors (Lipinski definition) is 1. The van der Waals surface area contributed by atoms with Gasteiger partial charge in [-0.25, -0.2) is 8.78 Å². The van der Waals surface area contributed by atoms with Crippen LogP contribution >= 0.6 is 0 Å². The van der Waals surface area contributed by atoms with Gasteiger partial charge >= 0.3 is 6.01 Å². The molecule has 4 aliphatic heterocycles. The Hall–Kier alpha value is -3.96. The molecule has 2 unspecified atom stereocenters. The number of carbonyl (C=O) groups is 1. The fourth-order valence-electron chi connectivity index (χ4n) is 8.50. The Morgan fingerprint density at radius 3 is 2.59 bits per heavy atom. The van der Waals surface area contributed by atoms with Crippen molar-refractivity contribution in [3.63, 3.8) is 0 Å². The second kappa shape index (κ2) is 11.7. The number of aryl methyl sites for hydroxylation is 1. The number of piperazine rings is 1. The van der Waals surface area contributed by atoms with Crippen LogP contribution in [-0.4, -0.2) is 76.7 Å². The number of benzene rings is 2. The topological polar surface area (TPSA) is 92.7 Å². The number of hydrogen-bond acceptors (Lipinski definition) is 9. The molecule has 2 aromatic heterocycles. The van der Waals surface area contributed by atoms with Crippen LogP contribution in [0.2, 0.25) is 0 Å². The Balaban J connectivity index is 1.28. The van der Waals surface area contributed by atoms with Crippen LogP contribution in [0.4, 0.5) is 14.6 Å². The molecule has 2 aromatic carbocycles. The maximum absolute atomic E-state index is 17.0. The summed E-state index contributed by atoms with van der Waals surface area (Å²) in [5.41, 5.74) is 0.841. The molecule has 6 heterocycles. The highest BCUT2D eigenvalue weighted by atomic mass is 19.1. The molecule has 4 aromatic rings. The Bertz CT molecular complexity index is 1810. The first-order valence-corrected chi connectivity index (χ1v) is 16.6. The van der Waals surface area contributed by atoms with Gasteiger partial charge in [-0.15, -0.1) is 0 Å². The number of halogens is 2. The van der Waals surface area contributed by atoms with Crippen molar-refractivity contribution in [1.82, 2.24) is 25.2 Å². The van der Waals surface area contributed by atoms with Crippen LogP contribution < -0.4 is 19.7 Å². The molecule has 46 heavy (non-hydrogen) atoms. The van der Waals surface area contributed by atoms with Gasteiger partial charge in [0.15, 0.2) is 5.82 Å². The fraction of sp³-hybridized carbons (Fsp3) is 0.486. The van der Waals surface area contributed by atoms with Crippen molar-refractivity contribution in [2.24, 2.45) is 0 Å². The summed E-state index contributed by atoms with van der Waals surface area (Å²) in [5, 5.41) is 5.35. The number of nitrogens with one attached hydrogen (secondary N) is 1. The summed E-state index contributed by atoms with van der Waals surface area (Å²) in [7, 11) is 0. The first-order chi connectivity index (χ1) is 22.5. The van der Waals surface area contributed by atoms with Crippen LogP contribution in [-0.2, 0) is 11.2 Å². The van der Waals surface area contributed by atoms with E-state index in [9.17, 15) is 4.79 Å². The molecule has 1 N–H and O–H groups in total. The Morgan fingerprint density at radius 2 is 1.85 bits per heavy atom. The third-order valence-electron chi connectivity index (χ3n) is 10.6. The van der Waals surface area contributed by atoms with Gasteiger partial charge < -0.3 is 19.7 Å². The summed E-state index contributed by atoms with van der Waals surface area (Å²) in [6, 6.07) is 6.98. The monoisotopic (exact) mass is 628 g/mol. The van der Waals surface area contributed by atoms with Crippen molar-refractivity contribution in [2.75, 3.05) is 37.7 Å². The molecule has 0 spiro atoms. The van der Waals surface area contributed by atoms with E-state index in [0.717, 1.165) is 64.7 Å². The molecular weight excluding hydrogens is 590 g/mol. The molecule has 4 aliphatic rings. The van der Waals surface area contributed by atoms with Gasteiger partial charge in [-0.1, -0.05) is 19.4 Å². The van der Waals surface area contributed by atoms with Gasteiger partial charge in [-0.2, -0.15) is 9.97 Å². The lowest BCUT2D eigenvalue weighted by Crippen LogP contribution is -2.59. The van der Waals surface area contributed by atoms with E-state index in [1.165, 1.54) is 18.6 Å². The minimum atomic E-state index is -0.654. The quantitative estimate of drug-likeness (QED) is 0.252. The number of carbonyl (C=O) groups excluding carboxylic acids is 1. The molecule has 0 amide bonds. The number of aromatic nitrogens is 3. The van der Waals surface area contributed by atoms with E-state index in [1.807, 2.05) is 6.92 Å². The highest BCUT2D eigenvalue weighted by molar-refractivity contribution is 6.02. The maximum atomic E-state index is 17.0. The summed E-state index contributed by atoms with van der Waals surface area (Å²) >= 11 is 0. The van der Waals surface area contributed by atoms with Gasteiger partial charge in [0.25, 0.3) is 6.47 Å². The molecule has 4 saturated heterocycles. The molecular formula is C35H38F2N6O3. The smallest absolute Gasteiger partial charge is 0.319 e. The minimum absolute atomic E-state index is 0.00159. The molecule has 9 nitrogen and oxygen atoms in total. The van der Waals surface area contributed by atoms with Crippen LogP contribution in [0.1, 0.15) is 57.4 Å². The number of fused-ring (bicyclic) bond motifs is 5. The zero-order valence-electron chi connectivity index (χ0n) is 26.0. The van der Waals surface area contributed by atoms with Crippen molar-refractivity contribution in [1.29, 1.82) is 0 Å². The Labute approximate surface area is 266 Å². The molecule has 2 atom stereocenters. The SMILES string of the molecule is CCc1c(F)ccc2cc(OC=O)cc(-c3ncc4c(N5CC6CCCC(C5)N6)nc(OCC56CCCN5CCC6)nc4c3F)c12. The number of anilines is 1. The summed E-state index contributed by atoms with van der Waals surface area (Å²) in [5.74, 6) is -0.215. The lowest BCUT2D eigenvalue weighted by atomic mass is 9.93. The van der Waals surface area contributed by atoms with E-state index in [1.54, 1.807) is 18.3 Å². The molecule has 240 valence electrons. The molecule has 4 fully saturated rings. The van der Waals surface area contributed by atoms with Crippen LogP contribution in [0.5, 0.6) is 11.8 Å². The van der Waals surface area contributed by atoms with E-state index in [-0.39, 0.29) is 28.5 Å². The summed E-state index contributed by atoms with van der Waals surface area (Å²) in [6.45, 7) is 6.27. The number of nitrogens with zero attached hydrogens (tertiary/aromatic N) is 5. The predicted molar refractivity (Wildman–Crippen MR) is 171 cm³/mol. The van der Waals surface area contributed by atoms with E-state index in [0.29, 0.717) is 64.7 Å². The minimum Gasteiger partial charge on any atom is -0.461 e. The average Bonchev–Trinajstić information content (AvgIpc) is 3.64. The van der Waals surface area contributed by atoms with E-state index < -0.39 is 11.6 Å². The molecule has 2 bridgehead atoms. The predicted octanol–water partition coefficient (Wildman–Crippen LogP) is 5.56. The summed E-state index contributed by atoms with van der Waals surface area (Å²) in [4.78, 5) is 30.3. The van der Waals surface area contributed by atoms with E-state index in [4.69, 9.17) is 14.5 Å². The zero-order valence-corrected chi connectivity index (χ0v) is 26.0. The summed E-state index contributed by atoms with van der Waals surface area (Å²) in [6.07, 6.45) is 9.77. The Morgan fingerprint density at radius 1 is 1.07 bits per heavy atom. The third kappa shape index (κ3) is 4.95. The normalized spacial score (nSPS) is 22.4. The highest BCUT2D eigenvalue weighted by Gasteiger charge is 2.45. The molecule has 11 heteroatoms. The lowest BCUT2D eigenvalue weighted by molar-refractivity contribution is -0.120. The van der Waals surface area contributed by atoms with Crippen LogP contribution in [0.15, 0.2) is 30.5 Å². The molecule has 0 aliphatic carbocycles. The van der Waals surface area contributed by atoms with Crippen LogP contribution in [0.3, 0.4) is 0 Å². The number of rotatable bonds is 8. The average molecular weight is 629 g/mol. The molecule has 8 rings (SSSR count). The van der Waals surface area contributed by atoms with Gasteiger partial charge in [-0.05, 0) is 92.6 Å². The largest absolute Gasteiger partial charge is 0.461 e.